The largest absolute Gasteiger partial charge is 0.338 e. The number of thiophene rings is 1. The fourth-order valence-corrected chi connectivity index (χ4v) is 7.71. The fourth-order valence-electron chi connectivity index (χ4n) is 4.39. The Morgan fingerprint density at radius 2 is 1.82 bits per heavy atom. The van der Waals surface area contributed by atoms with E-state index in [4.69, 9.17) is 0 Å². The van der Waals surface area contributed by atoms with Gasteiger partial charge in [-0.1, -0.05) is 32.0 Å². The van der Waals surface area contributed by atoms with Crippen molar-refractivity contribution < 1.29 is 13.2 Å². The number of rotatable bonds is 3. The van der Waals surface area contributed by atoms with E-state index in [1.165, 1.54) is 11.3 Å². The summed E-state index contributed by atoms with van der Waals surface area (Å²) < 4.78 is 28.0. The van der Waals surface area contributed by atoms with Crippen LogP contribution in [0.15, 0.2) is 36.4 Å². The van der Waals surface area contributed by atoms with E-state index in [2.05, 4.69) is 0 Å². The zero-order valence-corrected chi connectivity index (χ0v) is 18.1. The normalized spacial score (nSPS) is 20.0. The van der Waals surface area contributed by atoms with Gasteiger partial charge in [-0.2, -0.15) is 0 Å². The first-order valence-corrected chi connectivity index (χ1v) is 12.0. The molecule has 1 aromatic carbocycles. The molecule has 0 aliphatic carbocycles. The highest BCUT2D eigenvalue weighted by atomic mass is 32.2. The summed E-state index contributed by atoms with van der Waals surface area (Å²) in [4.78, 5) is 16.4. The van der Waals surface area contributed by atoms with E-state index < -0.39 is 14.8 Å². The maximum absolute atomic E-state index is 13.6. The van der Waals surface area contributed by atoms with Gasteiger partial charge in [-0.15, -0.1) is 11.3 Å². The summed E-state index contributed by atoms with van der Waals surface area (Å²) in [6.45, 7) is 7.45. The van der Waals surface area contributed by atoms with Crippen molar-refractivity contribution in [1.29, 1.82) is 0 Å². The molecular formula is C21H26N2O3S2. The van der Waals surface area contributed by atoms with E-state index in [9.17, 15) is 13.2 Å². The molecule has 2 aliphatic rings. The number of benzene rings is 1. The van der Waals surface area contributed by atoms with E-state index in [-0.39, 0.29) is 11.8 Å². The summed E-state index contributed by atoms with van der Waals surface area (Å²) in [6, 6.07) is 11.5. The molecule has 0 atom stereocenters. The van der Waals surface area contributed by atoms with Crippen molar-refractivity contribution in [2.75, 3.05) is 23.9 Å². The maximum Gasteiger partial charge on any atom is 0.263 e. The number of aryl methyl sites for hydroxylation is 1. The zero-order chi connectivity index (χ0) is 20.1. The summed E-state index contributed by atoms with van der Waals surface area (Å²) in [6.07, 6.45) is 0.883. The van der Waals surface area contributed by atoms with Crippen LogP contribution in [-0.2, 0) is 14.8 Å². The third-order valence-corrected chi connectivity index (χ3v) is 9.32. The van der Waals surface area contributed by atoms with Gasteiger partial charge < -0.3 is 4.90 Å². The summed E-state index contributed by atoms with van der Waals surface area (Å²) in [5.74, 6) is 0.248. The van der Waals surface area contributed by atoms with Crippen molar-refractivity contribution in [1.82, 2.24) is 4.90 Å². The van der Waals surface area contributed by atoms with E-state index >= 15 is 0 Å². The van der Waals surface area contributed by atoms with Crippen molar-refractivity contribution in [3.8, 4) is 0 Å². The van der Waals surface area contributed by atoms with Crippen LogP contribution in [0.1, 0.15) is 46.8 Å². The third kappa shape index (κ3) is 2.87. The Labute approximate surface area is 171 Å². The van der Waals surface area contributed by atoms with Gasteiger partial charge in [-0.25, -0.2) is 8.42 Å². The van der Waals surface area contributed by atoms with Crippen LogP contribution in [0.5, 0.6) is 0 Å². The first kappa shape index (κ1) is 19.5. The van der Waals surface area contributed by atoms with Crippen LogP contribution in [-0.4, -0.2) is 38.9 Å². The molecule has 0 unspecified atom stereocenters. The predicted molar refractivity (Wildman–Crippen MR) is 113 cm³/mol. The number of amides is 1. The van der Waals surface area contributed by atoms with E-state index in [1.807, 2.05) is 57.2 Å². The second-order valence-corrected chi connectivity index (χ2v) is 11.6. The van der Waals surface area contributed by atoms with Gasteiger partial charge in [0.05, 0.1) is 10.6 Å². The molecule has 7 heteroatoms. The van der Waals surface area contributed by atoms with Gasteiger partial charge in [0.2, 0.25) is 10.0 Å². The predicted octanol–water partition coefficient (Wildman–Crippen LogP) is 3.99. The molecule has 1 spiro atoms. The molecule has 2 aromatic rings. The molecule has 4 rings (SSSR count). The van der Waals surface area contributed by atoms with Gasteiger partial charge in [-0.05, 0) is 49.4 Å². The molecule has 0 radical (unpaired) electrons. The average molecular weight is 419 g/mol. The van der Waals surface area contributed by atoms with Crippen LogP contribution in [0.3, 0.4) is 0 Å². The third-order valence-electron chi connectivity index (χ3n) is 5.79. The lowest BCUT2D eigenvalue weighted by Gasteiger charge is -2.39. The first-order valence-electron chi connectivity index (χ1n) is 9.74. The van der Waals surface area contributed by atoms with Gasteiger partial charge in [0.25, 0.3) is 5.91 Å². The number of hydrogen-bond donors (Lipinski definition) is 0. The summed E-state index contributed by atoms with van der Waals surface area (Å²) in [5.41, 5.74) is 1.71. The topological polar surface area (TPSA) is 57.7 Å². The second kappa shape index (κ2) is 6.88. The number of fused-ring (bicyclic) bond motifs is 2. The number of carbonyl (C=O) groups excluding carboxylic acids is 1. The van der Waals surface area contributed by atoms with Gasteiger partial charge in [0.1, 0.15) is 4.75 Å². The SMILES string of the molecule is Cc1ccc(C(=O)N2CCC3(CC2)c2ccccc2N(CC(C)C)S3(=O)=O)s1. The Kier molecular flexibility index (Phi) is 4.78. The van der Waals surface area contributed by atoms with Gasteiger partial charge in [0, 0.05) is 24.5 Å². The van der Waals surface area contributed by atoms with Gasteiger partial charge in [-0.3, -0.25) is 9.10 Å². The minimum Gasteiger partial charge on any atom is -0.338 e. The smallest absolute Gasteiger partial charge is 0.263 e. The standard InChI is InChI=1S/C21H26N2O3S2/c1-15(2)14-23-18-7-5-4-6-17(18)21(28(23,25)26)10-12-22(13-11-21)20(24)19-9-8-16(3)27-19/h4-9,15H,10-14H2,1-3H3. The highest BCUT2D eigenvalue weighted by molar-refractivity contribution is 7.94. The lowest BCUT2D eigenvalue weighted by Crippen LogP contribution is -2.50. The first-order chi connectivity index (χ1) is 13.3. The quantitative estimate of drug-likeness (QED) is 0.757. The number of hydrogen-bond acceptors (Lipinski definition) is 4. The zero-order valence-electron chi connectivity index (χ0n) is 16.5. The lowest BCUT2D eigenvalue weighted by molar-refractivity contribution is 0.0706. The highest BCUT2D eigenvalue weighted by Gasteiger charge is 2.57. The molecule has 150 valence electrons. The Morgan fingerprint density at radius 3 is 2.43 bits per heavy atom. The van der Waals surface area contributed by atoms with Crippen LogP contribution < -0.4 is 4.31 Å². The number of nitrogens with zero attached hydrogens (tertiary/aromatic N) is 2. The number of likely N-dealkylation sites (tertiary alicyclic amines) is 1. The number of para-hydroxylation sites is 1. The van der Waals surface area contributed by atoms with Crippen LogP contribution >= 0.6 is 11.3 Å². The van der Waals surface area contributed by atoms with Crippen molar-refractivity contribution in [3.63, 3.8) is 0 Å². The Bertz CT molecular complexity index is 1000. The summed E-state index contributed by atoms with van der Waals surface area (Å²) >= 11 is 1.49. The average Bonchev–Trinajstić information content (AvgIpc) is 3.17. The maximum atomic E-state index is 13.6. The number of piperidine rings is 1. The van der Waals surface area contributed by atoms with Gasteiger partial charge in [0.15, 0.2) is 0 Å². The summed E-state index contributed by atoms with van der Waals surface area (Å²) in [7, 11) is -3.52. The minimum atomic E-state index is -3.52. The molecule has 1 amide bonds. The van der Waals surface area contributed by atoms with Crippen LogP contribution in [0.25, 0.3) is 0 Å². The monoisotopic (exact) mass is 418 g/mol. The number of sulfonamides is 1. The molecular weight excluding hydrogens is 392 g/mol. The summed E-state index contributed by atoms with van der Waals surface area (Å²) in [5, 5.41) is 0. The molecule has 1 aromatic heterocycles. The second-order valence-electron chi connectivity index (χ2n) is 8.14. The Balaban J connectivity index is 1.64. The minimum absolute atomic E-state index is 0.00988. The van der Waals surface area contributed by atoms with Gasteiger partial charge >= 0.3 is 0 Å². The highest BCUT2D eigenvalue weighted by Crippen LogP contribution is 2.52. The molecule has 0 bridgehead atoms. The number of carbonyl (C=O) groups is 1. The molecule has 5 nitrogen and oxygen atoms in total. The lowest BCUT2D eigenvalue weighted by atomic mass is 9.87. The van der Waals surface area contributed by atoms with E-state index in [1.54, 1.807) is 9.21 Å². The van der Waals surface area contributed by atoms with Crippen molar-refractivity contribution in [3.05, 3.63) is 51.7 Å². The van der Waals surface area contributed by atoms with Crippen molar-refractivity contribution in [2.45, 2.75) is 38.4 Å². The molecule has 1 fully saturated rings. The van der Waals surface area contributed by atoms with Crippen LogP contribution in [0.4, 0.5) is 5.69 Å². The molecule has 0 N–H and O–H groups in total. The van der Waals surface area contributed by atoms with Crippen molar-refractivity contribution >= 4 is 33.0 Å². The molecule has 3 heterocycles. The van der Waals surface area contributed by atoms with Crippen molar-refractivity contribution in [2.24, 2.45) is 5.92 Å². The Hall–Kier alpha value is -1.86. The molecule has 1 saturated heterocycles. The Morgan fingerprint density at radius 1 is 1.14 bits per heavy atom. The molecule has 0 saturated carbocycles. The van der Waals surface area contributed by atoms with E-state index in [0.717, 1.165) is 21.0 Å². The van der Waals surface area contributed by atoms with Crippen LogP contribution in [0.2, 0.25) is 0 Å². The van der Waals surface area contributed by atoms with Crippen LogP contribution in [0, 0.1) is 12.8 Å². The number of anilines is 1. The fraction of sp³-hybridized carbons (Fsp3) is 0.476. The molecule has 2 aliphatic heterocycles. The molecule has 28 heavy (non-hydrogen) atoms. The van der Waals surface area contributed by atoms with E-state index in [0.29, 0.717) is 32.5 Å².